The van der Waals surface area contributed by atoms with Crippen molar-refractivity contribution in [3.8, 4) is 17.6 Å². The van der Waals surface area contributed by atoms with E-state index in [4.69, 9.17) is 25.8 Å². The molecule has 0 atom stereocenters. The van der Waals surface area contributed by atoms with E-state index in [-0.39, 0.29) is 5.57 Å². The van der Waals surface area contributed by atoms with Crippen LogP contribution in [0.5, 0.6) is 11.5 Å². The minimum absolute atomic E-state index is 0.00649. The molecule has 28 heavy (non-hydrogen) atoms. The molecule has 0 radical (unpaired) electrons. The molecule has 0 aromatic heterocycles. The molecule has 0 heterocycles. The smallest absolute Gasteiger partial charge is 0.262 e. The highest BCUT2D eigenvalue weighted by molar-refractivity contribution is 6.30. The molecule has 6 nitrogen and oxygen atoms in total. The van der Waals surface area contributed by atoms with Crippen LogP contribution < -0.4 is 14.8 Å². The van der Waals surface area contributed by atoms with Crippen LogP contribution in [-0.4, -0.2) is 33.3 Å². The van der Waals surface area contributed by atoms with Crippen LogP contribution in [0.1, 0.15) is 11.1 Å². The number of amides is 1. The van der Waals surface area contributed by atoms with Gasteiger partial charge in [0.15, 0.2) is 11.5 Å². The molecule has 2 aromatic rings. The summed E-state index contributed by atoms with van der Waals surface area (Å²) in [6, 6.07) is 14.5. The standard InChI is InChI=1S/C21H21ClN2O4/c1-26-10-9-24-21(25)17(13-23)11-16-5-8-19(20(12-16)27-2)28-14-15-3-6-18(22)7-4-15/h3-8,11-12H,9-10,14H2,1-2H3,(H,24,25)/b17-11+. The Balaban J connectivity index is 2.11. The molecule has 0 aliphatic carbocycles. The number of carbonyl (C=O) groups excluding carboxylic acids is 1. The molecule has 0 saturated carbocycles. The van der Waals surface area contributed by atoms with Gasteiger partial charge in [0.05, 0.1) is 13.7 Å². The third-order valence-corrected chi connectivity index (χ3v) is 4.02. The summed E-state index contributed by atoms with van der Waals surface area (Å²) in [5.74, 6) is 0.596. The van der Waals surface area contributed by atoms with Crippen molar-refractivity contribution in [2.24, 2.45) is 0 Å². The summed E-state index contributed by atoms with van der Waals surface area (Å²) in [4.78, 5) is 12.0. The Hall–Kier alpha value is -3.01. The van der Waals surface area contributed by atoms with Crippen molar-refractivity contribution < 1.29 is 19.0 Å². The first-order valence-corrected chi connectivity index (χ1v) is 8.89. The Kier molecular flexibility index (Phi) is 8.35. The number of halogens is 1. The van der Waals surface area contributed by atoms with E-state index in [1.807, 2.05) is 18.2 Å². The van der Waals surface area contributed by atoms with Crippen LogP contribution in [0.25, 0.3) is 6.08 Å². The van der Waals surface area contributed by atoms with Crippen molar-refractivity contribution in [1.82, 2.24) is 5.32 Å². The van der Waals surface area contributed by atoms with Crippen LogP contribution in [0.15, 0.2) is 48.0 Å². The van der Waals surface area contributed by atoms with E-state index in [0.29, 0.717) is 41.8 Å². The maximum absolute atomic E-state index is 12.0. The van der Waals surface area contributed by atoms with Crippen LogP contribution in [0.2, 0.25) is 5.02 Å². The molecule has 0 aliphatic rings. The highest BCUT2D eigenvalue weighted by Gasteiger charge is 2.10. The van der Waals surface area contributed by atoms with Gasteiger partial charge in [0, 0.05) is 18.7 Å². The van der Waals surface area contributed by atoms with Crippen molar-refractivity contribution in [1.29, 1.82) is 5.26 Å². The first-order valence-electron chi connectivity index (χ1n) is 8.51. The molecule has 7 heteroatoms. The fourth-order valence-corrected chi connectivity index (χ4v) is 2.44. The van der Waals surface area contributed by atoms with Gasteiger partial charge in [-0.25, -0.2) is 0 Å². The number of nitrogens with zero attached hydrogens (tertiary/aromatic N) is 1. The van der Waals surface area contributed by atoms with Crippen LogP contribution in [0, 0.1) is 11.3 Å². The fourth-order valence-electron chi connectivity index (χ4n) is 2.31. The molecule has 1 N–H and O–H groups in total. The molecule has 146 valence electrons. The molecule has 0 spiro atoms. The third kappa shape index (κ3) is 6.31. The van der Waals surface area contributed by atoms with Crippen molar-refractivity contribution in [3.05, 3.63) is 64.2 Å². The van der Waals surface area contributed by atoms with Crippen LogP contribution in [0.3, 0.4) is 0 Å². The number of rotatable bonds is 9. The van der Waals surface area contributed by atoms with Crippen LogP contribution >= 0.6 is 11.6 Å². The zero-order valence-corrected chi connectivity index (χ0v) is 16.5. The van der Waals surface area contributed by atoms with Crippen LogP contribution in [-0.2, 0) is 16.1 Å². The van der Waals surface area contributed by atoms with Crippen LogP contribution in [0.4, 0.5) is 0 Å². The maximum atomic E-state index is 12.0. The zero-order valence-electron chi connectivity index (χ0n) is 15.7. The van der Waals surface area contributed by atoms with E-state index in [1.54, 1.807) is 30.3 Å². The van der Waals surface area contributed by atoms with Gasteiger partial charge < -0.3 is 19.5 Å². The molecule has 0 unspecified atom stereocenters. The topological polar surface area (TPSA) is 80.6 Å². The number of benzene rings is 2. The van der Waals surface area contributed by atoms with Crippen molar-refractivity contribution in [2.75, 3.05) is 27.4 Å². The second kappa shape index (κ2) is 11.0. The predicted molar refractivity (Wildman–Crippen MR) is 107 cm³/mol. The average Bonchev–Trinajstić information content (AvgIpc) is 2.72. The molecule has 2 aromatic carbocycles. The molecule has 2 rings (SSSR count). The van der Waals surface area contributed by atoms with Gasteiger partial charge in [-0.15, -0.1) is 0 Å². The lowest BCUT2D eigenvalue weighted by atomic mass is 10.1. The largest absolute Gasteiger partial charge is 0.493 e. The summed E-state index contributed by atoms with van der Waals surface area (Å²) in [7, 11) is 3.07. The normalized spacial score (nSPS) is 10.9. The minimum Gasteiger partial charge on any atom is -0.493 e. The van der Waals surface area contributed by atoms with Crippen molar-refractivity contribution >= 4 is 23.6 Å². The maximum Gasteiger partial charge on any atom is 0.262 e. The molecule has 0 saturated heterocycles. The molecule has 0 bridgehead atoms. The van der Waals surface area contributed by atoms with Gasteiger partial charge >= 0.3 is 0 Å². The van der Waals surface area contributed by atoms with Gasteiger partial charge in [0.1, 0.15) is 18.2 Å². The lowest BCUT2D eigenvalue weighted by molar-refractivity contribution is -0.117. The molecular formula is C21H21ClN2O4. The number of carbonyl (C=O) groups is 1. The van der Waals surface area contributed by atoms with E-state index >= 15 is 0 Å². The van der Waals surface area contributed by atoms with Gasteiger partial charge in [-0.05, 0) is 41.5 Å². The summed E-state index contributed by atoms with van der Waals surface area (Å²) < 4.78 is 16.1. The van der Waals surface area contributed by atoms with Gasteiger partial charge in [-0.1, -0.05) is 29.8 Å². The second-order valence-corrected chi connectivity index (χ2v) is 6.18. The molecule has 0 fully saturated rings. The Labute approximate surface area is 169 Å². The van der Waals surface area contributed by atoms with Gasteiger partial charge in [0.25, 0.3) is 5.91 Å². The lowest BCUT2D eigenvalue weighted by Gasteiger charge is -2.12. The van der Waals surface area contributed by atoms with Gasteiger partial charge in [-0.3, -0.25) is 4.79 Å². The highest BCUT2D eigenvalue weighted by atomic mass is 35.5. The van der Waals surface area contributed by atoms with E-state index < -0.39 is 5.91 Å². The Morgan fingerprint density at radius 1 is 1.18 bits per heavy atom. The highest BCUT2D eigenvalue weighted by Crippen LogP contribution is 2.29. The fraction of sp³-hybridized carbons (Fsp3) is 0.238. The summed E-state index contributed by atoms with van der Waals surface area (Å²) in [5, 5.41) is 12.5. The number of methoxy groups -OCH3 is 2. The zero-order chi connectivity index (χ0) is 20.4. The summed E-state index contributed by atoms with van der Waals surface area (Å²) in [6.45, 7) is 1.06. The second-order valence-electron chi connectivity index (χ2n) is 5.74. The Bertz CT molecular complexity index is 873. The molecule has 1 amide bonds. The van der Waals surface area contributed by atoms with E-state index in [2.05, 4.69) is 5.32 Å². The van der Waals surface area contributed by atoms with E-state index in [1.165, 1.54) is 20.3 Å². The first-order chi connectivity index (χ1) is 13.6. The number of hydrogen-bond acceptors (Lipinski definition) is 5. The SMILES string of the molecule is COCCNC(=O)/C(C#N)=C/c1ccc(OCc2ccc(Cl)cc2)c(OC)c1. The number of nitriles is 1. The summed E-state index contributed by atoms with van der Waals surface area (Å²) >= 11 is 5.88. The Morgan fingerprint density at radius 3 is 2.57 bits per heavy atom. The predicted octanol–water partition coefficient (Wildman–Crippen LogP) is 3.60. The minimum atomic E-state index is -0.457. The molecule has 0 aliphatic heterocycles. The number of nitrogens with one attached hydrogen (secondary N) is 1. The monoisotopic (exact) mass is 400 g/mol. The first kappa shape index (κ1) is 21.3. The van der Waals surface area contributed by atoms with Crippen molar-refractivity contribution in [2.45, 2.75) is 6.61 Å². The van der Waals surface area contributed by atoms with Gasteiger partial charge in [-0.2, -0.15) is 5.26 Å². The summed E-state index contributed by atoms with van der Waals surface area (Å²) in [5.41, 5.74) is 1.61. The lowest BCUT2D eigenvalue weighted by Crippen LogP contribution is -2.27. The van der Waals surface area contributed by atoms with E-state index in [0.717, 1.165) is 5.56 Å². The quantitative estimate of drug-likeness (QED) is 0.395. The van der Waals surface area contributed by atoms with E-state index in [9.17, 15) is 10.1 Å². The number of ether oxygens (including phenoxy) is 3. The third-order valence-electron chi connectivity index (χ3n) is 3.76. The molecular weight excluding hydrogens is 380 g/mol. The Morgan fingerprint density at radius 2 is 1.93 bits per heavy atom. The van der Waals surface area contributed by atoms with Gasteiger partial charge in [0.2, 0.25) is 0 Å². The summed E-state index contributed by atoms with van der Waals surface area (Å²) in [6.07, 6.45) is 1.49. The van der Waals surface area contributed by atoms with Crippen molar-refractivity contribution in [3.63, 3.8) is 0 Å². The number of hydrogen-bond donors (Lipinski definition) is 1. The average molecular weight is 401 g/mol.